The fraction of sp³-hybridized carbons (Fsp3) is 0.800. The third-order valence-electron chi connectivity index (χ3n) is 2.61. The summed E-state index contributed by atoms with van der Waals surface area (Å²) in [7, 11) is 0. The van der Waals surface area contributed by atoms with E-state index in [0.717, 1.165) is 0 Å². The van der Waals surface area contributed by atoms with Crippen molar-refractivity contribution in [3.63, 3.8) is 0 Å². The number of carbonyl (C=O) groups excluding carboxylic acids is 2. The first-order chi connectivity index (χ1) is 8.34. The molecule has 104 valence electrons. The Balaban J connectivity index is 2.36. The maximum Gasteiger partial charge on any atom is 0.409 e. The first-order valence-electron chi connectivity index (χ1n) is 5.64. The van der Waals surface area contributed by atoms with Gasteiger partial charge in [-0.15, -0.1) is 0 Å². The molecule has 1 saturated heterocycles. The van der Waals surface area contributed by atoms with E-state index in [4.69, 9.17) is 39.5 Å². The van der Waals surface area contributed by atoms with Crippen molar-refractivity contribution in [1.82, 2.24) is 10.2 Å². The summed E-state index contributed by atoms with van der Waals surface area (Å²) < 4.78 is 2.94. The molecule has 1 heterocycles. The average Bonchev–Trinajstić information content (AvgIpc) is 2.29. The summed E-state index contributed by atoms with van der Waals surface area (Å²) in [6.45, 7) is 3.14. The predicted molar refractivity (Wildman–Crippen MR) is 70.0 cm³/mol. The smallest absolute Gasteiger partial charge is 0.409 e. The molecule has 5 nitrogen and oxygen atoms in total. The third kappa shape index (κ3) is 4.71. The van der Waals surface area contributed by atoms with Crippen LogP contribution in [-0.2, 0) is 9.53 Å². The number of nitrogens with one attached hydrogen (secondary N) is 1. The second-order valence-corrected chi connectivity index (χ2v) is 6.21. The molecule has 0 radical (unpaired) electrons. The number of ether oxygens (including phenoxy) is 1. The zero-order valence-electron chi connectivity index (χ0n) is 9.92. The summed E-state index contributed by atoms with van der Waals surface area (Å²) in [5, 5.41) is 2.64. The molecule has 0 aromatic rings. The highest BCUT2D eigenvalue weighted by molar-refractivity contribution is 6.76. The van der Waals surface area contributed by atoms with Crippen molar-refractivity contribution in [2.45, 2.75) is 29.6 Å². The standard InChI is InChI=1S/C10H15Cl3N2O3/c1-2-18-9(17)15-5-3-7(4-6-15)14-8(16)10(11,12)13/h7H,2-6H2,1H3,(H,14,16). The lowest BCUT2D eigenvalue weighted by atomic mass is 10.1. The SMILES string of the molecule is CCOC(=O)N1CCC(NC(=O)C(Cl)(Cl)Cl)CC1. The van der Waals surface area contributed by atoms with E-state index in [1.54, 1.807) is 11.8 Å². The van der Waals surface area contributed by atoms with Gasteiger partial charge in [0.2, 0.25) is 0 Å². The van der Waals surface area contributed by atoms with Gasteiger partial charge < -0.3 is 15.0 Å². The Morgan fingerprint density at radius 3 is 2.33 bits per heavy atom. The van der Waals surface area contributed by atoms with Crippen LogP contribution >= 0.6 is 34.8 Å². The first kappa shape index (κ1) is 15.7. The number of rotatable bonds is 2. The molecule has 1 fully saturated rings. The Labute approximate surface area is 121 Å². The van der Waals surface area contributed by atoms with Gasteiger partial charge in [0.05, 0.1) is 6.61 Å². The molecule has 0 bridgehead atoms. The zero-order chi connectivity index (χ0) is 13.8. The maximum absolute atomic E-state index is 11.4. The monoisotopic (exact) mass is 316 g/mol. The zero-order valence-corrected chi connectivity index (χ0v) is 12.2. The van der Waals surface area contributed by atoms with Gasteiger partial charge in [-0.1, -0.05) is 34.8 Å². The lowest BCUT2D eigenvalue weighted by Gasteiger charge is -2.32. The van der Waals surface area contributed by atoms with Crippen LogP contribution < -0.4 is 5.32 Å². The van der Waals surface area contributed by atoms with Crippen molar-refractivity contribution in [3.8, 4) is 0 Å². The van der Waals surface area contributed by atoms with Crippen LogP contribution in [0.1, 0.15) is 19.8 Å². The number of alkyl halides is 3. The molecule has 0 aliphatic carbocycles. The van der Waals surface area contributed by atoms with Crippen LogP contribution in [0.15, 0.2) is 0 Å². The molecule has 0 aromatic heterocycles. The Morgan fingerprint density at radius 2 is 1.89 bits per heavy atom. The Morgan fingerprint density at radius 1 is 1.33 bits per heavy atom. The van der Waals surface area contributed by atoms with Crippen LogP contribution in [0.2, 0.25) is 0 Å². The second kappa shape index (κ2) is 6.68. The number of halogens is 3. The number of nitrogens with zero attached hydrogens (tertiary/aromatic N) is 1. The Kier molecular flexibility index (Phi) is 5.82. The summed E-state index contributed by atoms with van der Waals surface area (Å²) in [5.41, 5.74) is 0. The van der Waals surface area contributed by atoms with Gasteiger partial charge in [-0.3, -0.25) is 4.79 Å². The fourth-order valence-electron chi connectivity index (χ4n) is 1.69. The van der Waals surface area contributed by atoms with Crippen molar-refractivity contribution >= 4 is 46.8 Å². The molecule has 1 rings (SSSR count). The van der Waals surface area contributed by atoms with Gasteiger partial charge in [-0.05, 0) is 19.8 Å². The van der Waals surface area contributed by atoms with Crippen molar-refractivity contribution in [1.29, 1.82) is 0 Å². The number of amides is 2. The molecule has 2 amide bonds. The van der Waals surface area contributed by atoms with E-state index >= 15 is 0 Å². The molecule has 18 heavy (non-hydrogen) atoms. The van der Waals surface area contributed by atoms with Gasteiger partial charge >= 0.3 is 6.09 Å². The summed E-state index contributed by atoms with van der Waals surface area (Å²) in [6.07, 6.45) is 0.903. The van der Waals surface area contributed by atoms with Crippen molar-refractivity contribution in [3.05, 3.63) is 0 Å². The van der Waals surface area contributed by atoms with E-state index in [-0.39, 0.29) is 12.1 Å². The van der Waals surface area contributed by atoms with Crippen LogP contribution in [0.3, 0.4) is 0 Å². The molecule has 1 aliphatic heterocycles. The van der Waals surface area contributed by atoms with Gasteiger partial charge in [0.1, 0.15) is 0 Å². The predicted octanol–water partition coefficient (Wildman–Crippen LogP) is 2.09. The lowest BCUT2D eigenvalue weighted by Crippen LogP contribution is -2.49. The van der Waals surface area contributed by atoms with Crippen molar-refractivity contribution in [2.75, 3.05) is 19.7 Å². The molecule has 0 aromatic carbocycles. The first-order valence-corrected chi connectivity index (χ1v) is 6.77. The minimum absolute atomic E-state index is 0.0844. The molecular weight excluding hydrogens is 302 g/mol. The van der Waals surface area contributed by atoms with Gasteiger partial charge in [0.25, 0.3) is 9.70 Å². The number of piperidine rings is 1. The molecular formula is C10H15Cl3N2O3. The highest BCUT2D eigenvalue weighted by atomic mass is 35.6. The number of hydrogen-bond acceptors (Lipinski definition) is 3. The van der Waals surface area contributed by atoms with Crippen LogP contribution in [0.25, 0.3) is 0 Å². The van der Waals surface area contributed by atoms with E-state index in [1.807, 2.05) is 0 Å². The molecule has 0 atom stereocenters. The van der Waals surface area contributed by atoms with Gasteiger partial charge in [0.15, 0.2) is 0 Å². The van der Waals surface area contributed by atoms with Gasteiger partial charge in [-0.2, -0.15) is 0 Å². The van der Waals surface area contributed by atoms with Crippen LogP contribution in [0.5, 0.6) is 0 Å². The van der Waals surface area contributed by atoms with Crippen molar-refractivity contribution in [2.24, 2.45) is 0 Å². The molecule has 8 heteroatoms. The largest absolute Gasteiger partial charge is 0.450 e. The second-order valence-electron chi connectivity index (χ2n) is 3.93. The lowest BCUT2D eigenvalue weighted by molar-refractivity contribution is -0.121. The quantitative estimate of drug-likeness (QED) is 0.793. The van der Waals surface area contributed by atoms with Crippen LogP contribution in [0, 0.1) is 0 Å². The van der Waals surface area contributed by atoms with Gasteiger partial charge in [0, 0.05) is 19.1 Å². The Hall–Kier alpha value is -0.390. The number of hydrogen-bond donors (Lipinski definition) is 1. The molecule has 0 saturated carbocycles. The number of carbonyl (C=O) groups is 2. The molecule has 1 N–H and O–H groups in total. The minimum atomic E-state index is -1.95. The molecule has 0 spiro atoms. The fourth-order valence-corrected chi connectivity index (χ4v) is 1.85. The maximum atomic E-state index is 11.4. The summed E-state index contributed by atoms with van der Waals surface area (Å²) in [5.74, 6) is -0.637. The van der Waals surface area contributed by atoms with E-state index in [9.17, 15) is 9.59 Å². The highest BCUT2D eigenvalue weighted by Gasteiger charge is 2.33. The average molecular weight is 318 g/mol. The van der Waals surface area contributed by atoms with E-state index < -0.39 is 9.70 Å². The third-order valence-corrected chi connectivity index (χ3v) is 3.13. The Bertz CT molecular complexity index is 312. The van der Waals surface area contributed by atoms with Crippen LogP contribution in [0.4, 0.5) is 4.79 Å². The summed E-state index contributed by atoms with van der Waals surface area (Å²) >= 11 is 16.4. The molecule has 0 unspecified atom stereocenters. The highest BCUT2D eigenvalue weighted by Crippen LogP contribution is 2.26. The topological polar surface area (TPSA) is 58.6 Å². The minimum Gasteiger partial charge on any atom is -0.450 e. The van der Waals surface area contributed by atoms with Crippen LogP contribution in [-0.4, -0.2) is 46.4 Å². The van der Waals surface area contributed by atoms with E-state index in [1.165, 1.54) is 0 Å². The van der Waals surface area contributed by atoms with E-state index in [0.29, 0.717) is 32.5 Å². The summed E-state index contributed by atoms with van der Waals surface area (Å²) in [4.78, 5) is 24.5. The number of likely N-dealkylation sites (tertiary alicyclic amines) is 1. The summed E-state index contributed by atoms with van der Waals surface area (Å²) in [6, 6.07) is -0.0844. The normalized spacial score (nSPS) is 17.4. The van der Waals surface area contributed by atoms with Crippen molar-refractivity contribution < 1.29 is 14.3 Å². The van der Waals surface area contributed by atoms with E-state index in [2.05, 4.69) is 5.32 Å². The molecule has 1 aliphatic rings. The van der Waals surface area contributed by atoms with Gasteiger partial charge in [-0.25, -0.2) is 4.79 Å².